The minimum absolute atomic E-state index is 0.362. The van der Waals surface area contributed by atoms with Gasteiger partial charge in [-0.15, -0.1) is 11.3 Å². The number of nitrogens with zero attached hydrogens (tertiary/aromatic N) is 1. The third-order valence-corrected chi connectivity index (χ3v) is 4.57. The molecular formula is C16H18N2S. The quantitative estimate of drug-likeness (QED) is 0.890. The molecule has 1 unspecified atom stereocenters. The molecule has 2 nitrogen and oxygen atoms in total. The maximum atomic E-state index is 8.76. The second kappa shape index (κ2) is 6.51. The van der Waals surface area contributed by atoms with Gasteiger partial charge in [-0.25, -0.2) is 0 Å². The standard InChI is InChI=1S/C16H18N2S/c1-3-15-8-9-16(19-15)12(2)18-11-14-6-4-13(10-17)5-7-14/h4-9,12,18H,3,11H2,1-2H3. The summed E-state index contributed by atoms with van der Waals surface area (Å²) < 4.78 is 0. The third-order valence-electron chi connectivity index (χ3n) is 3.15. The molecule has 1 heterocycles. The molecule has 1 aromatic carbocycles. The summed E-state index contributed by atoms with van der Waals surface area (Å²) in [6.07, 6.45) is 1.10. The van der Waals surface area contributed by atoms with Crippen LogP contribution >= 0.6 is 11.3 Å². The molecule has 1 atom stereocenters. The minimum atomic E-state index is 0.362. The summed E-state index contributed by atoms with van der Waals surface area (Å²) >= 11 is 1.88. The molecule has 0 bridgehead atoms. The molecule has 0 radical (unpaired) electrons. The maximum Gasteiger partial charge on any atom is 0.0991 e. The monoisotopic (exact) mass is 270 g/mol. The zero-order valence-corrected chi connectivity index (χ0v) is 12.1. The Morgan fingerprint density at radius 1 is 1.21 bits per heavy atom. The molecule has 0 aliphatic carbocycles. The van der Waals surface area contributed by atoms with Crippen molar-refractivity contribution >= 4 is 11.3 Å². The van der Waals surface area contributed by atoms with Crippen molar-refractivity contribution in [3.05, 3.63) is 57.3 Å². The molecule has 0 aliphatic rings. The van der Waals surface area contributed by atoms with Gasteiger partial charge >= 0.3 is 0 Å². The minimum Gasteiger partial charge on any atom is -0.305 e. The van der Waals surface area contributed by atoms with E-state index in [4.69, 9.17) is 5.26 Å². The number of hydrogen-bond acceptors (Lipinski definition) is 3. The fraction of sp³-hybridized carbons (Fsp3) is 0.312. The van der Waals surface area contributed by atoms with Gasteiger partial charge < -0.3 is 5.32 Å². The molecule has 1 aromatic heterocycles. The van der Waals surface area contributed by atoms with Crippen LogP contribution in [-0.2, 0) is 13.0 Å². The van der Waals surface area contributed by atoms with E-state index in [2.05, 4.69) is 37.4 Å². The first kappa shape index (κ1) is 13.8. The van der Waals surface area contributed by atoms with Crippen LogP contribution in [0.2, 0.25) is 0 Å². The molecule has 1 N–H and O–H groups in total. The third kappa shape index (κ3) is 3.66. The van der Waals surface area contributed by atoms with Gasteiger partial charge in [0.1, 0.15) is 0 Å². The van der Waals surface area contributed by atoms with E-state index < -0.39 is 0 Å². The summed E-state index contributed by atoms with van der Waals surface area (Å²) in [5, 5.41) is 12.3. The Morgan fingerprint density at radius 3 is 2.53 bits per heavy atom. The Hall–Kier alpha value is -1.63. The lowest BCUT2D eigenvalue weighted by atomic mass is 10.1. The van der Waals surface area contributed by atoms with Crippen molar-refractivity contribution in [2.75, 3.05) is 0 Å². The van der Waals surface area contributed by atoms with E-state index in [0.717, 1.165) is 13.0 Å². The molecule has 0 amide bonds. The Kier molecular flexibility index (Phi) is 4.73. The zero-order chi connectivity index (χ0) is 13.7. The summed E-state index contributed by atoms with van der Waals surface area (Å²) in [4.78, 5) is 2.81. The van der Waals surface area contributed by atoms with Crippen LogP contribution in [-0.4, -0.2) is 0 Å². The molecule has 0 aliphatic heterocycles. The number of hydrogen-bond donors (Lipinski definition) is 1. The summed E-state index contributed by atoms with van der Waals surface area (Å²) in [7, 11) is 0. The molecule has 3 heteroatoms. The summed E-state index contributed by atoms with van der Waals surface area (Å²) in [6.45, 7) is 5.20. The van der Waals surface area contributed by atoms with Crippen LogP contribution < -0.4 is 5.32 Å². The average Bonchev–Trinajstić information content (AvgIpc) is 2.94. The second-order valence-corrected chi connectivity index (χ2v) is 5.77. The van der Waals surface area contributed by atoms with Gasteiger partial charge in [0.25, 0.3) is 0 Å². The van der Waals surface area contributed by atoms with Gasteiger partial charge in [-0.05, 0) is 43.2 Å². The summed E-state index contributed by atoms with van der Waals surface area (Å²) in [5.74, 6) is 0. The molecule has 2 rings (SSSR count). The lowest BCUT2D eigenvalue weighted by Gasteiger charge is -2.12. The van der Waals surface area contributed by atoms with Gasteiger partial charge in [0.05, 0.1) is 11.6 Å². The van der Waals surface area contributed by atoms with E-state index in [1.54, 1.807) is 0 Å². The van der Waals surface area contributed by atoms with Crippen molar-refractivity contribution in [2.45, 2.75) is 32.9 Å². The zero-order valence-electron chi connectivity index (χ0n) is 11.3. The molecular weight excluding hydrogens is 252 g/mol. The molecule has 0 saturated carbocycles. The van der Waals surface area contributed by atoms with Gasteiger partial charge in [-0.3, -0.25) is 0 Å². The van der Waals surface area contributed by atoms with Crippen LogP contribution in [0.3, 0.4) is 0 Å². The highest BCUT2D eigenvalue weighted by Gasteiger charge is 2.07. The van der Waals surface area contributed by atoms with Crippen molar-refractivity contribution in [1.29, 1.82) is 5.26 Å². The SMILES string of the molecule is CCc1ccc(C(C)NCc2ccc(C#N)cc2)s1. The lowest BCUT2D eigenvalue weighted by Crippen LogP contribution is -2.17. The topological polar surface area (TPSA) is 35.8 Å². The normalized spacial score (nSPS) is 12.1. The van der Waals surface area contributed by atoms with E-state index in [1.807, 2.05) is 35.6 Å². The number of nitriles is 1. The Morgan fingerprint density at radius 2 is 1.95 bits per heavy atom. The van der Waals surface area contributed by atoms with Gasteiger partial charge in [-0.1, -0.05) is 19.1 Å². The van der Waals surface area contributed by atoms with Gasteiger partial charge in [0.2, 0.25) is 0 Å². The van der Waals surface area contributed by atoms with Crippen LogP contribution in [0, 0.1) is 11.3 Å². The molecule has 19 heavy (non-hydrogen) atoms. The van der Waals surface area contributed by atoms with Crippen LogP contribution in [0.1, 0.15) is 40.8 Å². The van der Waals surface area contributed by atoms with Crippen LogP contribution in [0.5, 0.6) is 0 Å². The number of rotatable bonds is 5. The van der Waals surface area contributed by atoms with Crippen molar-refractivity contribution in [2.24, 2.45) is 0 Å². The first-order valence-electron chi connectivity index (χ1n) is 6.54. The molecule has 0 fully saturated rings. The van der Waals surface area contributed by atoms with Crippen molar-refractivity contribution in [1.82, 2.24) is 5.32 Å². The second-order valence-electron chi connectivity index (χ2n) is 4.57. The molecule has 98 valence electrons. The fourth-order valence-electron chi connectivity index (χ4n) is 1.89. The lowest BCUT2D eigenvalue weighted by molar-refractivity contribution is 0.583. The number of nitrogens with one attached hydrogen (secondary N) is 1. The predicted molar refractivity (Wildman–Crippen MR) is 80.1 cm³/mol. The highest BCUT2D eigenvalue weighted by Crippen LogP contribution is 2.23. The number of aryl methyl sites for hydroxylation is 1. The van der Waals surface area contributed by atoms with E-state index in [-0.39, 0.29) is 0 Å². The van der Waals surface area contributed by atoms with Crippen LogP contribution in [0.25, 0.3) is 0 Å². The summed E-state index contributed by atoms with van der Waals surface area (Å²) in [6, 6.07) is 14.6. The Labute approximate surface area is 118 Å². The highest BCUT2D eigenvalue weighted by molar-refractivity contribution is 7.12. The fourth-order valence-corrected chi connectivity index (χ4v) is 2.87. The van der Waals surface area contributed by atoms with Gasteiger partial charge in [0.15, 0.2) is 0 Å². The Bertz CT molecular complexity index is 563. The molecule has 0 spiro atoms. The largest absolute Gasteiger partial charge is 0.305 e. The van der Waals surface area contributed by atoms with E-state index in [1.165, 1.54) is 15.3 Å². The average molecular weight is 270 g/mol. The van der Waals surface area contributed by atoms with E-state index in [9.17, 15) is 0 Å². The van der Waals surface area contributed by atoms with Crippen LogP contribution in [0.15, 0.2) is 36.4 Å². The predicted octanol–water partition coefficient (Wildman–Crippen LogP) is 4.03. The maximum absolute atomic E-state index is 8.76. The van der Waals surface area contributed by atoms with Gasteiger partial charge in [-0.2, -0.15) is 5.26 Å². The summed E-state index contributed by atoms with van der Waals surface area (Å²) in [5.41, 5.74) is 1.92. The van der Waals surface area contributed by atoms with E-state index >= 15 is 0 Å². The number of benzene rings is 1. The van der Waals surface area contributed by atoms with Crippen molar-refractivity contribution in [3.63, 3.8) is 0 Å². The Balaban J connectivity index is 1.92. The highest BCUT2D eigenvalue weighted by atomic mass is 32.1. The molecule has 2 aromatic rings. The first-order valence-corrected chi connectivity index (χ1v) is 7.35. The first-order chi connectivity index (χ1) is 9.22. The number of thiophene rings is 1. The molecule has 0 saturated heterocycles. The van der Waals surface area contributed by atoms with Crippen LogP contribution in [0.4, 0.5) is 0 Å². The van der Waals surface area contributed by atoms with Gasteiger partial charge in [0, 0.05) is 22.3 Å². The smallest absolute Gasteiger partial charge is 0.0991 e. The van der Waals surface area contributed by atoms with Crippen molar-refractivity contribution < 1.29 is 0 Å². The van der Waals surface area contributed by atoms with Crippen molar-refractivity contribution in [3.8, 4) is 6.07 Å². The van der Waals surface area contributed by atoms with E-state index in [0.29, 0.717) is 11.6 Å².